The molecule has 0 N–H and O–H groups in total. The van der Waals surface area contributed by atoms with Gasteiger partial charge in [-0.1, -0.05) is 96.2 Å². The van der Waals surface area contributed by atoms with Crippen LogP contribution in [0.5, 0.6) is 0 Å². The Morgan fingerprint density at radius 1 is 0.679 bits per heavy atom. The van der Waals surface area contributed by atoms with Crippen LogP contribution >= 0.6 is 0 Å². The molecule has 136 valence electrons. The largest absolute Gasteiger partial charge is 0.287 e. The standard InChI is InChI=1S/C23H17N3O2/c27-22(18-12-6-2-7-13-18)20-21(23(28)19-14-8-3-9-15-19)26(25-24-20)16-17-10-4-1-5-11-17/h1-15H,16H2. The third-order valence-electron chi connectivity index (χ3n) is 4.41. The average Bonchev–Trinajstić information content (AvgIpc) is 3.18. The van der Waals surface area contributed by atoms with Gasteiger partial charge in [0.1, 0.15) is 5.69 Å². The molecule has 4 aromatic rings. The molecule has 0 aliphatic carbocycles. The van der Waals surface area contributed by atoms with Crippen LogP contribution in [0, 0.1) is 0 Å². The number of ketones is 2. The van der Waals surface area contributed by atoms with Crippen LogP contribution < -0.4 is 0 Å². The van der Waals surface area contributed by atoms with Crippen LogP contribution in [0.1, 0.15) is 37.7 Å². The minimum absolute atomic E-state index is 0.0657. The van der Waals surface area contributed by atoms with E-state index in [1.54, 1.807) is 48.5 Å². The fourth-order valence-corrected chi connectivity index (χ4v) is 3.01. The quantitative estimate of drug-likeness (QED) is 0.487. The topological polar surface area (TPSA) is 64.8 Å². The third-order valence-corrected chi connectivity index (χ3v) is 4.41. The Balaban J connectivity index is 1.80. The Morgan fingerprint density at radius 2 is 1.18 bits per heavy atom. The highest BCUT2D eigenvalue weighted by Crippen LogP contribution is 2.18. The number of hydrogen-bond donors (Lipinski definition) is 0. The Labute approximate surface area is 162 Å². The molecule has 0 fully saturated rings. The molecule has 0 amide bonds. The number of carbonyl (C=O) groups is 2. The van der Waals surface area contributed by atoms with Gasteiger partial charge in [0.15, 0.2) is 5.69 Å². The summed E-state index contributed by atoms with van der Waals surface area (Å²) in [4.78, 5) is 26.2. The van der Waals surface area contributed by atoms with Crippen LogP contribution in [-0.4, -0.2) is 26.6 Å². The van der Waals surface area contributed by atoms with Crippen molar-refractivity contribution in [2.75, 3.05) is 0 Å². The monoisotopic (exact) mass is 367 g/mol. The highest BCUT2D eigenvalue weighted by molar-refractivity contribution is 6.17. The molecule has 1 aromatic heterocycles. The highest BCUT2D eigenvalue weighted by atomic mass is 16.1. The van der Waals surface area contributed by atoms with E-state index in [4.69, 9.17) is 0 Å². The lowest BCUT2D eigenvalue weighted by Crippen LogP contribution is -2.16. The van der Waals surface area contributed by atoms with Crippen molar-refractivity contribution in [1.29, 1.82) is 0 Å². The van der Waals surface area contributed by atoms with Gasteiger partial charge in [-0.05, 0) is 5.56 Å². The lowest BCUT2D eigenvalue weighted by atomic mass is 10.0. The van der Waals surface area contributed by atoms with Crippen molar-refractivity contribution in [3.8, 4) is 0 Å². The van der Waals surface area contributed by atoms with Crippen molar-refractivity contribution >= 4 is 11.6 Å². The molecule has 1 heterocycles. The molecule has 0 aliphatic rings. The van der Waals surface area contributed by atoms with Crippen molar-refractivity contribution in [2.45, 2.75) is 6.54 Å². The first-order valence-electron chi connectivity index (χ1n) is 8.91. The fraction of sp³-hybridized carbons (Fsp3) is 0.0435. The smallest absolute Gasteiger partial charge is 0.215 e. The second-order valence-corrected chi connectivity index (χ2v) is 6.32. The van der Waals surface area contributed by atoms with E-state index in [-0.39, 0.29) is 23.0 Å². The summed E-state index contributed by atoms with van der Waals surface area (Å²) >= 11 is 0. The van der Waals surface area contributed by atoms with Gasteiger partial charge in [0.05, 0.1) is 6.54 Å². The average molecular weight is 367 g/mol. The van der Waals surface area contributed by atoms with Gasteiger partial charge < -0.3 is 0 Å². The van der Waals surface area contributed by atoms with Gasteiger partial charge in [0.2, 0.25) is 11.6 Å². The molecule has 28 heavy (non-hydrogen) atoms. The lowest BCUT2D eigenvalue weighted by Gasteiger charge is -2.08. The summed E-state index contributed by atoms with van der Waals surface area (Å²) in [6.07, 6.45) is 0. The van der Waals surface area contributed by atoms with E-state index in [2.05, 4.69) is 10.3 Å². The van der Waals surface area contributed by atoms with E-state index in [9.17, 15) is 9.59 Å². The lowest BCUT2D eigenvalue weighted by molar-refractivity contribution is 0.0995. The van der Waals surface area contributed by atoms with Crippen LogP contribution in [0.3, 0.4) is 0 Å². The van der Waals surface area contributed by atoms with Gasteiger partial charge >= 0.3 is 0 Å². The van der Waals surface area contributed by atoms with Crippen LogP contribution in [0.4, 0.5) is 0 Å². The van der Waals surface area contributed by atoms with Crippen LogP contribution in [0.15, 0.2) is 91.0 Å². The molecule has 0 unspecified atom stereocenters. The van der Waals surface area contributed by atoms with Gasteiger partial charge in [-0.25, -0.2) is 4.68 Å². The van der Waals surface area contributed by atoms with Crippen molar-refractivity contribution < 1.29 is 9.59 Å². The van der Waals surface area contributed by atoms with E-state index in [1.165, 1.54) is 4.68 Å². The third kappa shape index (κ3) is 3.50. The maximum atomic E-state index is 13.2. The Hall–Kier alpha value is -3.86. The van der Waals surface area contributed by atoms with Crippen molar-refractivity contribution in [3.63, 3.8) is 0 Å². The second-order valence-electron chi connectivity index (χ2n) is 6.32. The number of aromatic nitrogens is 3. The van der Waals surface area contributed by atoms with Gasteiger partial charge in [-0.3, -0.25) is 9.59 Å². The summed E-state index contributed by atoms with van der Waals surface area (Å²) in [7, 11) is 0. The summed E-state index contributed by atoms with van der Waals surface area (Å²) in [6, 6.07) is 27.3. The highest BCUT2D eigenvalue weighted by Gasteiger charge is 2.27. The molecule has 0 spiro atoms. The van der Waals surface area contributed by atoms with E-state index >= 15 is 0 Å². The van der Waals surface area contributed by atoms with E-state index < -0.39 is 0 Å². The van der Waals surface area contributed by atoms with E-state index in [0.29, 0.717) is 17.7 Å². The van der Waals surface area contributed by atoms with Crippen molar-refractivity contribution in [3.05, 3.63) is 119 Å². The first-order chi connectivity index (χ1) is 13.7. The molecule has 0 bridgehead atoms. The van der Waals surface area contributed by atoms with Gasteiger partial charge in [-0.15, -0.1) is 5.10 Å². The molecule has 4 rings (SSSR count). The maximum Gasteiger partial charge on any atom is 0.215 e. The minimum Gasteiger partial charge on any atom is -0.287 e. The molecule has 3 aromatic carbocycles. The van der Waals surface area contributed by atoms with Gasteiger partial charge in [0.25, 0.3) is 0 Å². The summed E-state index contributed by atoms with van der Waals surface area (Å²) in [5, 5.41) is 8.21. The molecule has 0 aliphatic heterocycles. The predicted octanol–water partition coefficient (Wildman–Crippen LogP) is 3.79. The molecule has 0 saturated carbocycles. The molecule has 0 radical (unpaired) electrons. The van der Waals surface area contributed by atoms with Gasteiger partial charge in [0, 0.05) is 11.1 Å². The molecule has 5 heteroatoms. The first kappa shape index (κ1) is 17.5. The minimum atomic E-state index is -0.320. The number of rotatable bonds is 6. The van der Waals surface area contributed by atoms with Gasteiger partial charge in [-0.2, -0.15) is 0 Å². The SMILES string of the molecule is O=C(c1ccccc1)c1nnn(Cc2ccccc2)c1C(=O)c1ccccc1. The Bertz CT molecular complexity index is 1100. The Morgan fingerprint density at radius 3 is 1.75 bits per heavy atom. The number of benzene rings is 3. The zero-order valence-electron chi connectivity index (χ0n) is 15.0. The molecule has 5 nitrogen and oxygen atoms in total. The molecular weight excluding hydrogens is 350 g/mol. The number of nitrogens with zero attached hydrogens (tertiary/aromatic N) is 3. The number of hydrogen-bond acceptors (Lipinski definition) is 4. The van der Waals surface area contributed by atoms with E-state index in [1.807, 2.05) is 42.5 Å². The van der Waals surface area contributed by atoms with Crippen molar-refractivity contribution in [2.24, 2.45) is 0 Å². The molecule has 0 saturated heterocycles. The zero-order chi connectivity index (χ0) is 19.3. The second kappa shape index (κ2) is 7.80. The summed E-state index contributed by atoms with van der Waals surface area (Å²) in [5.74, 6) is -0.597. The predicted molar refractivity (Wildman–Crippen MR) is 105 cm³/mol. The van der Waals surface area contributed by atoms with Crippen LogP contribution in [0.2, 0.25) is 0 Å². The maximum absolute atomic E-state index is 13.2. The number of carbonyl (C=O) groups excluding carboxylic acids is 2. The van der Waals surface area contributed by atoms with Crippen LogP contribution in [-0.2, 0) is 6.54 Å². The molecule has 0 atom stereocenters. The fourth-order valence-electron chi connectivity index (χ4n) is 3.01. The van der Waals surface area contributed by atoms with Crippen LogP contribution in [0.25, 0.3) is 0 Å². The summed E-state index contributed by atoms with van der Waals surface area (Å²) in [6.45, 7) is 0.351. The zero-order valence-corrected chi connectivity index (χ0v) is 15.0. The summed E-state index contributed by atoms with van der Waals surface area (Å²) < 4.78 is 1.50. The summed E-state index contributed by atoms with van der Waals surface area (Å²) in [5.41, 5.74) is 2.19. The van der Waals surface area contributed by atoms with Crippen molar-refractivity contribution in [1.82, 2.24) is 15.0 Å². The normalized spacial score (nSPS) is 10.6. The van der Waals surface area contributed by atoms with E-state index in [0.717, 1.165) is 5.56 Å². The first-order valence-corrected chi connectivity index (χ1v) is 8.91. The molecular formula is C23H17N3O2. The Kier molecular flexibility index (Phi) is 4.89.